The zero-order chi connectivity index (χ0) is 11.3. The summed E-state index contributed by atoms with van der Waals surface area (Å²) in [4.78, 5) is 0. The van der Waals surface area contributed by atoms with E-state index in [-0.39, 0.29) is 5.75 Å². The van der Waals surface area contributed by atoms with Gasteiger partial charge in [0.2, 0.25) is 0 Å². The summed E-state index contributed by atoms with van der Waals surface area (Å²) >= 11 is 3.21. The normalized spacial score (nSPS) is 11.5. The van der Waals surface area contributed by atoms with Gasteiger partial charge in [-0.15, -0.1) is 0 Å². The standard InChI is InChI=1S/C10H10BrF3O/c11-5-2-6-15-9-4-1-3-8(7-9)10(12,13)14/h1,3-4,7H,2,5-6H2. The van der Waals surface area contributed by atoms with Crippen molar-refractivity contribution in [2.45, 2.75) is 12.6 Å². The molecule has 15 heavy (non-hydrogen) atoms. The molecule has 1 aromatic carbocycles. The Kier molecular flexibility index (Phi) is 4.45. The molecule has 0 bridgehead atoms. The first-order valence-corrected chi connectivity index (χ1v) is 5.52. The highest BCUT2D eigenvalue weighted by Gasteiger charge is 2.30. The van der Waals surface area contributed by atoms with Crippen molar-refractivity contribution < 1.29 is 17.9 Å². The quantitative estimate of drug-likeness (QED) is 0.602. The third kappa shape index (κ3) is 4.11. The lowest BCUT2D eigenvalue weighted by molar-refractivity contribution is -0.137. The van der Waals surface area contributed by atoms with E-state index >= 15 is 0 Å². The SMILES string of the molecule is FC(F)(F)c1cccc(OCCCBr)c1. The fourth-order valence-electron chi connectivity index (χ4n) is 1.01. The third-order valence-electron chi connectivity index (χ3n) is 1.71. The van der Waals surface area contributed by atoms with Crippen molar-refractivity contribution in [2.75, 3.05) is 11.9 Å². The molecular weight excluding hydrogens is 273 g/mol. The Morgan fingerprint density at radius 1 is 1.27 bits per heavy atom. The van der Waals surface area contributed by atoms with E-state index in [9.17, 15) is 13.2 Å². The number of ether oxygens (including phenoxy) is 1. The molecule has 0 atom stereocenters. The number of hydrogen-bond donors (Lipinski definition) is 0. The van der Waals surface area contributed by atoms with Crippen molar-refractivity contribution in [1.29, 1.82) is 0 Å². The van der Waals surface area contributed by atoms with Gasteiger partial charge in [0, 0.05) is 5.33 Å². The van der Waals surface area contributed by atoms with Gasteiger partial charge in [0.1, 0.15) is 5.75 Å². The second-order valence-corrected chi connectivity index (χ2v) is 3.71. The highest BCUT2D eigenvalue weighted by atomic mass is 79.9. The van der Waals surface area contributed by atoms with Crippen LogP contribution in [0.5, 0.6) is 5.75 Å². The monoisotopic (exact) mass is 282 g/mol. The van der Waals surface area contributed by atoms with E-state index in [4.69, 9.17) is 4.74 Å². The zero-order valence-corrected chi connectivity index (χ0v) is 9.44. The number of alkyl halides is 4. The molecule has 0 aliphatic heterocycles. The van der Waals surface area contributed by atoms with Gasteiger partial charge in [0.05, 0.1) is 12.2 Å². The first-order chi connectivity index (χ1) is 7.04. The molecule has 0 saturated heterocycles. The highest BCUT2D eigenvalue weighted by molar-refractivity contribution is 9.09. The Labute approximate surface area is 94.4 Å². The number of rotatable bonds is 4. The van der Waals surface area contributed by atoms with Crippen LogP contribution in [0.1, 0.15) is 12.0 Å². The van der Waals surface area contributed by atoms with Crippen LogP contribution in [0, 0.1) is 0 Å². The van der Waals surface area contributed by atoms with Crippen LogP contribution in [-0.2, 0) is 6.18 Å². The average Bonchev–Trinajstić information content (AvgIpc) is 2.17. The van der Waals surface area contributed by atoms with Gasteiger partial charge in [-0.3, -0.25) is 0 Å². The maximum Gasteiger partial charge on any atom is 0.416 e. The molecule has 84 valence electrons. The van der Waals surface area contributed by atoms with Crippen molar-refractivity contribution in [3.8, 4) is 5.75 Å². The smallest absolute Gasteiger partial charge is 0.416 e. The molecule has 1 nitrogen and oxygen atoms in total. The predicted octanol–water partition coefficient (Wildman–Crippen LogP) is 3.87. The lowest BCUT2D eigenvalue weighted by Crippen LogP contribution is -2.05. The molecule has 0 heterocycles. The van der Waals surface area contributed by atoms with Crippen molar-refractivity contribution in [3.63, 3.8) is 0 Å². The third-order valence-corrected chi connectivity index (χ3v) is 2.27. The minimum absolute atomic E-state index is 0.255. The van der Waals surface area contributed by atoms with Gasteiger partial charge >= 0.3 is 6.18 Å². The second-order valence-electron chi connectivity index (χ2n) is 2.92. The van der Waals surface area contributed by atoms with Gasteiger partial charge in [-0.1, -0.05) is 22.0 Å². The topological polar surface area (TPSA) is 9.23 Å². The maximum absolute atomic E-state index is 12.3. The molecular formula is C10H10BrF3O. The summed E-state index contributed by atoms with van der Waals surface area (Å²) in [6.07, 6.45) is -3.55. The van der Waals surface area contributed by atoms with E-state index in [1.54, 1.807) is 0 Å². The largest absolute Gasteiger partial charge is 0.494 e. The van der Waals surface area contributed by atoms with Gasteiger partial charge in [-0.05, 0) is 24.6 Å². The number of benzene rings is 1. The van der Waals surface area contributed by atoms with Gasteiger partial charge < -0.3 is 4.74 Å². The first kappa shape index (κ1) is 12.4. The van der Waals surface area contributed by atoms with Gasteiger partial charge in [0.25, 0.3) is 0 Å². The van der Waals surface area contributed by atoms with E-state index < -0.39 is 11.7 Å². The molecule has 0 aromatic heterocycles. The molecule has 0 aliphatic rings. The van der Waals surface area contributed by atoms with Crippen molar-refractivity contribution in [1.82, 2.24) is 0 Å². The number of halogens is 4. The van der Waals surface area contributed by atoms with E-state index in [0.29, 0.717) is 6.61 Å². The molecule has 5 heteroatoms. The van der Waals surface area contributed by atoms with E-state index in [0.717, 1.165) is 23.9 Å². The lowest BCUT2D eigenvalue weighted by atomic mass is 10.2. The molecule has 1 aromatic rings. The molecule has 0 amide bonds. The van der Waals surface area contributed by atoms with Gasteiger partial charge in [-0.2, -0.15) is 13.2 Å². The Hall–Kier alpha value is -0.710. The van der Waals surface area contributed by atoms with Crippen LogP contribution in [0.25, 0.3) is 0 Å². The second kappa shape index (κ2) is 5.39. The fourth-order valence-corrected chi connectivity index (χ4v) is 1.24. The van der Waals surface area contributed by atoms with Crippen LogP contribution >= 0.6 is 15.9 Å². The zero-order valence-electron chi connectivity index (χ0n) is 7.85. The Morgan fingerprint density at radius 2 is 2.00 bits per heavy atom. The van der Waals surface area contributed by atoms with E-state index in [1.165, 1.54) is 12.1 Å². The first-order valence-electron chi connectivity index (χ1n) is 4.40. The Balaban J connectivity index is 2.66. The van der Waals surface area contributed by atoms with Gasteiger partial charge in [0.15, 0.2) is 0 Å². The van der Waals surface area contributed by atoms with Crippen LogP contribution in [0.4, 0.5) is 13.2 Å². The van der Waals surface area contributed by atoms with Crippen LogP contribution in [0.3, 0.4) is 0 Å². The molecule has 0 spiro atoms. The van der Waals surface area contributed by atoms with Crippen LogP contribution in [0.2, 0.25) is 0 Å². The fraction of sp³-hybridized carbons (Fsp3) is 0.400. The molecule has 0 radical (unpaired) electrons. The van der Waals surface area contributed by atoms with E-state index in [2.05, 4.69) is 15.9 Å². The molecule has 0 saturated carbocycles. The summed E-state index contributed by atoms with van der Waals surface area (Å²) in [5.41, 5.74) is -0.682. The van der Waals surface area contributed by atoms with Crippen molar-refractivity contribution in [3.05, 3.63) is 29.8 Å². The van der Waals surface area contributed by atoms with Crippen LogP contribution < -0.4 is 4.74 Å². The van der Waals surface area contributed by atoms with E-state index in [1.807, 2.05) is 0 Å². The highest BCUT2D eigenvalue weighted by Crippen LogP contribution is 2.31. The molecule has 0 aliphatic carbocycles. The molecule has 0 N–H and O–H groups in total. The summed E-state index contributed by atoms with van der Waals surface area (Å²) in [7, 11) is 0. The number of hydrogen-bond acceptors (Lipinski definition) is 1. The molecule has 0 fully saturated rings. The van der Waals surface area contributed by atoms with Crippen LogP contribution in [0.15, 0.2) is 24.3 Å². The molecule has 0 unspecified atom stereocenters. The summed E-state index contributed by atoms with van der Waals surface area (Å²) in [5.74, 6) is 0.255. The predicted molar refractivity (Wildman–Crippen MR) is 55.4 cm³/mol. The van der Waals surface area contributed by atoms with Crippen molar-refractivity contribution in [2.24, 2.45) is 0 Å². The molecule has 1 rings (SSSR count). The average molecular weight is 283 g/mol. The summed E-state index contributed by atoms with van der Waals surface area (Å²) < 4.78 is 42.0. The minimum Gasteiger partial charge on any atom is -0.494 e. The minimum atomic E-state index is -4.31. The van der Waals surface area contributed by atoms with Gasteiger partial charge in [-0.25, -0.2) is 0 Å². The summed E-state index contributed by atoms with van der Waals surface area (Å²) in [6, 6.07) is 4.89. The lowest BCUT2D eigenvalue weighted by Gasteiger charge is -2.09. The Morgan fingerprint density at radius 3 is 2.60 bits per heavy atom. The summed E-state index contributed by atoms with van der Waals surface area (Å²) in [5, 5.41) is 0.770. The Bertz CT molecular complexity index is 312. The summed E-state index contributed by atoms with van der Waals surface area (Å²) in [6.45, 7) is 0.409. The maximum atomic E-state index is 12.3. The van der Waals surface area contributed by atoms with Crippen molar-refractivity contribution >= 4 is 15.9 Å². The van der Waals surface area contributed by atoms with Crippen LogP contribution in [-0.4, -0.2) is 11.9 Å².